The molecule has 4 bridgehead atoms. The molecule has 4 aliphatic carbocycles. The standard InChI is InChI=1S/C10H14/c1-2-4-8-9-5-7(3-1)6-10(8)9/h1,3,7-10H,2,4-6H2/b3-1-. The van der Waals surface area contributed by atoms with Gasteiger partial charge >= 0.3 is 0 Å². The summed E-state index contributed by atoms with van der Waals surface area (Å²) in [6, 6.07) is 0. The molecule has 0 nitrogen and oxygen atoms in total. The van der Waals surface area contributed by atoms with Gasteiger partial charge in [-0.25, -0.2) is 0 Å². The van der Waals surface area contributed by atoms with Gasteiger partial charge in [-0.05, 0) is 49.4 Å². The van der Waals surface area contributed by atoms with Crippen molar-refractivity contribution in [2.45, 2.75) is 25.7 Å². The first kappa shape index (κ1) is 5.40. The Morgan fingerprint density at radius 2 is 1.80 bits per heavy atom. The van der Waals surface area contributed by atoms with Gasteiger partial charge in [-0.1, -0.05) is 12.2 Å². The van der Waals surface area contributed by atoms with Crippen molar-refractivity contribution >= 4 is 0 Å². The molecule has 4 aliphatic rings. The van der Waals surface area contributed by atoms with Gasteiger partial charge in [0.25, 0.3) is 0 Å². The summed E-state index contributed by atoms with van der Waals surface area (Å²) < 4.78 is 0. The Morgan fingerprint density at radius 3 is 2.60 bits per heavy atom. The van der Waals surface area contributed by atoms with E-state index in [-0.39, 0.29) is 0 Å². The molecule has 0 radical (unpaired) electrons. The van der Waals surface area contributed by atoms with Gasteiger partial charge in [0.1, 0.15) is 0 Å². The van der Waals surface area contributed by atoms with Gasteiger partial charge in [0.15, 0.2) is 0 Å². The molecular formula is C10H14. The highest BCUT2D eigenvalue weighted by Gasteiger charge is 2.54. The highest BCUT2D eigenvalue weighted by atomic mass is 14.6. The minimum Gasteiger partial charge on any atom is -0.0882 e. The Kier molecular flexibility index (Phi) is 0.898. The van der Waals surface area contributed by atoms with E-state index in [0.29, 0.717) is 0 Å². The largest absolute Gasteiger partial charge is 0.0882 e. The van der Waals surface area contributed by atoms with E-state index in [4.69, 9.17) is 0 Å². The Bertz CT molecular complexity index is 162. The first-order valence-corrected chi connectivity index (χ1v) is 4.62. The molecule has 0 N–H and O–H groups in total. The van der Waals surface area contributed by atoms with Crippen molar-refractivity contribution in [3.05, 3.63) is 12.2 Å². The van der Waals surface area contributed by atoms with E-state index in [2.05, 4.69) is 12.2 Å². The van der Waals surface area contributed by atoms with Gasteiger partial charge in [0, 0.05) is 0 Å². The lowest BCUT2D eigenvalue weighted by Crippen LogP contribution is -2.00. The van der Waals surface area contributed by atoms with Crippen LogP contribution in [0.4, 0.5) is 0 Å². The molecule has 2 unspecified atom stereocenters. The lowest BCUT2D eigenvalue weighted by atomic mass is 9.94. The molecule has 2 atom stereocenters. The van der Waals surface area contributed by atoms with Crippen LogP contribution in [0.2, 0.25) is 0 Å². The third-order valence-electron chi connectivity index (χ3n) is 3.73. The molecule has 4 rings (SSSR count). The molecule has 0 heteroatoms. The van der Waals surface area contributed by atoms with E-state index in [1.807, 2.05) is 0 Å². The van der Waals surface area contributed by atoms with Crippen LogP contribution in [0.1, 0.15) is 25.7 Å². The van der Waals surface area contributed by atoms with Gasteiger partial charge < -0.3 is 0 Å². The van der Waals surface area contributed by atoms with Crippen molar-refractivity contribution in [3.63, 3.8) is 0 Å². The molecule has 0 aliphatic heterocycles. The molecule has 2 saturated carbocycles. The van der Waals surface area contributed by atoms with Crippen LogP contribution >= 0.6 is 0 Å². The predicted octanol–water partition coefficient (Wildman–Crippen LogP) is 2.61. The maximum absolute atomic E-state index is 2.47. The number of hydrogen-bond acceptors (Lipinski definition) is 0. The molecule has 0 aromatic heterocycles. The van der Waals surface area contributed by atoms with Crippen LogP contribution < -0.4 is 0 Å². The fraction of sp³-hybridized carbons (Fsp3) is 0.800. The number of hydrogen-bond donors (Lipinski definition) is 0. The van der Waals surface area contributed by atoms with Crippen molar-refractivity contribution in [1.82, 2.24) is 0 Å². The van der Waals surface area contributed by atoms with Gasteiger partial charge in [0.2, 0.25) is 0 Å². The van der Waals surface area contributed by atoms with E-state index >= 15 is 0 Å². The molecule has 0 spiro atoms. The lowest BCUT2D eigenvalue weighted by molar-refractivity contribution is 0.476. The quantitative estimate of drug-likeness (QED) is 0.447. The molecule has 54 valence electrons. The Hall–Kier alpha value is -0.260. The topological polar surface area (TPSA) is 0 Å². The van der Waals surface area contributed by atoms with Gasteiger partial charge in [-0.15, -0.1) is 0 Å². The molecule has 0 aromatic rings. The van der Waals surface area contributed by atoms with Crippen LogP contribution in [0.25, 0.3) is 0 Å². The average molecular weight is 134 g/mol. The third kappa shape index (κ3) is 0.574. The zero-order chi connectivity index (χ0) is 6.55. The number of fused-ring (bicyclic) bond motifs is 2. The molecule has 0 aromatic carbocycles. The van der Waals surface area contributed by atoms with Gasteiger partial charge in [-0.3, -0.25) is 0 Å². The zero-order valence-corrected chi connectivity index (χ0v) is 6.29. The fourth-order valence-corrected chi connectivity index (χ4v) is 3.18. The molecule has 10 heavy (non-hydrogen) atoms. The van der Waals surface area contributed by atoms with Crippen LogP contribution in [0, 0.1) is 23.7 Å². The average Bonchev–Trinajstić information content (AvgIpc) is 2.43. The second-order valence-electron chi connectivity index (χ2n) is 4.23. The molecule has 0 heterocycles. The van der Waals surface area contributed by atoms with Crippen LogP contribution in [-0.4, -0.2) is 0 Å². The summed E-state index contributed by atoms with van der Waals surface area (Å²) in [7, 11) is 0. The van der Waals surface area contributed by atoms with E-state index in [1.54, 1.807) is 0 Å². The van der Waals surface area contributed by atoms with Crippen LogP contribution in [0.3, 0.4) is 0 Å². The van der Waals surface area contributed by atoms with Gasteiger partial charge in [-0.2, -0.15) is 0 Å². The second-order valence-corrected chi connectivity index (χ2v) is 4.23. The normalized spacial score (nSPS) is 59.2. The van der Waals surface area contributed by atoms with E-state index in [9.17, 15) is 0 Å². The van der Waals surface area contributed by atoms with Crippen molar-refractivity contribution in [2.75, 3.05) is 0 Å². The Morgan fingerprint density at radius 1 is 1.00 bits per heavy atom. The predicted molar refractivity (Wildman–Crippen MR) is 41.6 cm³/mol. The highest BCUT2D eigenvalue weighted by Crippen LogP contribution is 2.62. The molecule has 2 fully saturated rings. The number of allylic oxidation sites excluding steroid dienone is 2. The SMILES string of the molecule is C1=C\C2CC3C(CC/1)C3C2. The summed E-state index contributed by atoms with van der Waals surface area (Å²) in [5.74, 6) is 4.51. The van der Waals surface area contributed by atoms with Crippen LogP contribution in [0.15, 0.2) is 12.2 Å². The van der Waals surface area contributed by atoms with E-state index in [0.717, 1.165) is 5.92 Å². The summed E-state index contributed by atoms with van der Waals surface area (Å²) in [5, 5.41) is 0. The molecule has 0 amide bonds. The highest BCUT2D eigenvalue weighted by molar-refractivity contribution is 5.10. The summed E-state index contributed by atoms with van der Waals surface area (Å²) in [4.78, 5) is 0. The van der Waals surface area contributed by atoms with Crippen molar-refractivity contribution in [1.29, 1.82) is 0 Å². The maximum Gasteiger partial charge on any atom is -0.0228 e. The first-order chi connectivity index (χ1) is 4.95. The second kappa shape index (κ2) is 1.66. The Labute approximate surface area is 62.3 Å². The smallest absolute Gasteiger partial charge is 0.0228 e. The molecular weight excluding hydrogens is 120 g/mol. The lowest BCUT2D eigenvalue weighted by Gasteiger charge is -2.12. The minimum absolute atomic E-state index is 0.992. The van der Waals surface area contributed by atoms with E-state index < -0.39 is 0 Å². The van der Waals surface area contributed by atoms with Crippen molar-refractivity contribution in [3.8, 4) is 0 Å². The first-order valence-electron chi connectivity index (χ1n) is 4.62. The summed E-state index contributed by atoms with van der Waals surface area (Å²) in [6.45, 7) is 0. The zero-order valence-electron chi connectivity index (χ0n) is 6.29. The van der Waals surface area contributed by atoms with Crippen molar-refractivity contribution < 1.29 is 0 Å². The Balaban J connectivity index is 1.90. The maximum atomic E-state index is 2.47. The summed E-state index contributed by atoms with van der Waals surface area (Å²) in [5.41, 5.74) is 0. The summed E-state index contributed by atoms with van der Waals surface area (Å²) in [6.07, 6.45) is 10.8. The summed E-state index contributed by atoms with van der Waals surface area (Å²) >= 11 is 0. The van der Waals surface area contributed by atoms with Crippen molar-refractivity contribution in [2.24, 2.45) is 23.7 Å². The minimum atomic E-state index is 0.992. The fourth-order valence-electron chi connectivity index (χ4n) is 3.18. The van der Waals surface area contributed by atoms with E-state index in [1.165, 1.54) is 43.4 Å². The monoisotopic (exact) mass is 134 g/mol. The van der Waals surface area contributed by atoms with Crippen LogP contribution in [-0.2, 0) is 0 Å². The third-order valence-corrected chi connectivity index (χ3v) is 3.73. The number of rotatable bonds is 0. The van der Waals surface area contributed by atoms with Gasteiger partial charge in [0.05, 0.1) is 0 Å². The molecule has 0 saturated heterocycles. The van der Waals surface area contributed by atoms with Crippen LogP contribution in [0.5, 0.6) is 0 Å².